The predicted octanol–water partition coefficient (Wildman–Crippen LogP) is 2.20. The van der Waals surface area contributed by atoms with Crippen LogP contribution in [-0.2, 0) is 0 Å². The van der Waals surface area contributed by atoms with Gasteiger partial charge in [-0.1, -0.05) is 24.3 Å². The number of amides is 2. The van der Waals surface area contributed by atoms with Crippen LogP contribution >= 0.6 is 0 Å². The summed E-state index contributed by atoms with van der Waals surface area (Å²) in [5.74, 6) is -0.873. The van der Waals surface area contributed by atoms with Crippen molar-refractivity contribution in [2.75, 3.05) is 13.1 Å². The number of pyridine rings is 1. The maximum absolute atomic E-state index is 12.2. The minimum absolute atomic E-state index is 0.0129. The Bertz CT molecular complexity index is 1120. The second-order valence-electron chi connectivity index (χ2n) is 7.64. The maximum Gasteiger partial charge on any atom is 0.251 e. The molecule has 4 rings (SSSR count). The molecule has 8 heteroatoms. The SMILES string of the molecule is Cc1cccc(C(=O)c2ccc(C(N)=O)cc2)c1O.O=C(N[C@H]1CCNC1)c1ccncc1. The summed E-state index contributed by atoms with van der Waals surface area (Å²) >= 11 is 0. The van der Waals surface area contributed by atoms with Crippen LogP contribution in [0.4, 0.5) is 0 Å². The third-order valence-corrected chi connectivity index (χ3v) is 5.25. The van der Waals surface area contributed by atoms with Crippen molar-refractivity contribution in [3.8, 4) is 5.75 Å². The van der Waals surface area contributed by atoms with Crippen LogP contribution in [0.25, 0.3) is 0 Å². The molecule has 0 bridgehead atoms. The number of para-hydroxylation sites is 1. The first kappa shape index (κ1) is 23.6. The molecule has 5 N–H and O–H groups in total. The summed E-state index contributed by atoms with van der Waals surface area (Å²) in [5, 5.41) is 16.0. The fraction of sp³-hybridized carbons (Fsp3) is 0.200. The first-order chi connectivity index (χ1) is 15.9. The van der Waals surface area contributed by atoms with Crippen LogP contribution in [0.5, 0.6) is 5.75 Å². The highest BCUT2D eigenvalue weighted by Crippen LogP contribution is 2.24. The van der Waals surface area contributed by atoms with Gasteiger partial charge in [0.1, 0.15) is 5.75 Å². The average molecular weight is 447 g/mol. The number of ketones is 1. The van der Waals surface area contributed by atoms with E-state index < -0.39 is 5.91 Å². The number of hydrogen-bond donors (Lipinski definition) is 4. The van der Waals surface area contributed by atoms with Crippen LogP contribution in [0.2, 0.25) is 0 Å². The average Bonchev–Trinajstić information content (AvgIpc) is 3.34. The van der Waals surface area contributed by atoms with Crippen molar-refractivity contribution < 1.29 is 19.5 Å². The quantitative estimate of drug-likeness (QED) is 0.444. The zero-order valence-corrected chi connectivity index (χ0v) is 18.2. The number of aryl methyl sites for hydroxylation is 1. The largest absolute Gasteiger partial charge is 0.507 e. The molecular weight excluding hydrogens is 420 g/mol. The summed E-state index contributed by atoms with van der Waals surface area (Å²) in [7, 11) is 0. The minimum Gasteiger partial charge on any atom is -0.507 e. The number of phenolic OH excluding ortho intramolecular Hbond substituents is 1. The number of phenols is 1. The fourth-order valence-electron chi connectivity index (χ4n) is 3.33. The molecule has 33 heavy (non-hydrogen) atoms. The van der Waals surface area contributed by atoms with Gasteiger partial charge in [0.05, 0.1) is 5.56 Å². The van der Waals surface area contributed by atoms with Crippen molar-refractivity contribution >= 4 is 17.6 Å². The van der Waals surface area contributed by atoms with Gasteiger partial charge in [0.15, 0.2) is 5.78 Å². The van der Waals surface area contributed by atoms with Crippen LogP contribution in [0, 0.1) is 6.92 Å². The monoisotopic (exact) mass is 446 g/mol. The Morgan fingerprint density at radius 3 is 2.27 bits per heavy atom. The third-order valence-electron chi connectivity index (χ3n) is 5.25. The zero-order chi connectivity index (χ0) is 23.8. The number of aromatic nitrogens is 1. The molecule has 1 aliphatic rings. The Balaban J connectivity index is 0.000000194. The van der Waals surface area contributed by atoms with E-state index in [1.165, 1.54) is 24.3 Å². The highest BCUT2D eigenvalue weighted by atomic mass is 16.3. The van der Waals surface area contributed by atoms with Gasteiger partial charge in [-0.15, -0.1) is 0 Å². The molecule has 170 valence electrons. The smallest absolute Gasteiger partial charge is 0.251 e. The summed E-state index contributed by atoms with van der Waals surface area (Å²) < 4.78 is 0. The van der Waals surface area contributed by atoms with E-state index in [0.717, 1.165) is 19.5 Å². The Labute approximate surface area is 191 Å². The Kier molecular flexibility index (Phi) is 7.88. The molecule has 2 heterocycles. The second-order valence-corrected chi connectivity index (χ2v) is 7.64. The van der Waals surface area contributed by atoms with Crippen molar-refractivity contribution in [1.82, 2.24) is 15.6 Å². The number of aromatic hydroxyl groups is 1. The van der Waals surface area contributed by atoms with E-state index in [1.54, 1.807) is 49.6 Å². The summed E-state index contributed by atoms with van der Waals surface area (Å²) in [6.07, 6.45) is 4.26. The van der Waals surface area contributed by atoms with Gasteiger partial charge in [-0.05, 0) is 55.8 Å². The number of hydrogen-bond acceptors (Lipinski definition) is 6. The number of benzene rings is 2. The molecule has 1 aliphatic heterocycles. The molecule has 1 saturated heterocycles. The second kappa shape index (κ2) is 11.0. The molecule has 0 unspecified atom stereocenters. The summed E-state index contributed by atoms with van der Waals surface area (Å²) in [5.41, 5.74) is 7.42. The first-order valence-corrected chi connectivity index (χ1v) is 10.5. The lowest BCUT2D eigenvalue weighted by Crippen LogP contribution is -2.36. The molecule has 0 radical (unpaired) electrons. The van der Waals surface area contributed by atoms with Crippen LogP contribution in [0.15, 0.2) is 67.0 Å². The van der Waals surface area contributed by atoms with Crippen molar-refractivity contribution in [3.05, 3.63) is 94.8 Å². The molecule has 8 nitrogen and oxygen atoms in total. The molecule has 3 aromatic rings. The molecule has 0 saturated carbocycles. The summed E-state index contributed by atoms with van der Waals surface area (Å²) in [4.78, 5) is 38.7. The highest BCUT2D eigenvalue weighted by Gasteiger charge is 2.17. The molecule has 1 atom stereocenters. The lowest BCUT2D eigenvalue weighted by atomic mass is 9.99. The van der Waals surface area contributed by atoms with Gasteiger partial charge < -0.3 is 21.5 Å². The maximum atomic E-state index is 12.2. The van der Waals surface area contributed by atoms with E-state index >= 15 is 0 Å². The van der Waals surface area contributed by atoms with Gasteiger partial charge in [-0.3, -0.25) is 19.4 Å². The van der Waals surface area contributed by atoms with Gasteiger partial charge in [-0.2, -0.15) is 0 Å². The van der Waals surface area contributed by atoms with E-state index in [-0.39, 0.29) is 29.0 Å². The van der Waals surface area contributed by atoms with E-state index in [0.29, 0.717) is 22.3 Å². The lowest BCUT2D eigenvalue weighted by Gasteiger charge is -2.10. The molecule has 0 spiro atoms. The molecule has 2 aromatic carbocycles. The number of nitrogens with two attached hydrogens (primary N) is 1. The number of nitrogens with one attached hydrogen (secondary N) is 2. The van der Waals surface area contributed by atoms with E-state index in [2.05, 4.69) is 15.6 Å². The molecule has 2 amide bonds. The van der Waals surface area contributed by atoms with Gasteiger partial charge >= 0.3 is 0 Å². The first-order valence-electron chi connectivity index (χ1n) is 10.5. The number of carbonyl (C=O) groups excluding carboxylic acids is 3. The highest BCUT2D eigenvalue weighted by molar-refractivity contribution is 6.11. The van der Waals surface area contributed by atoms with Crippen molar-refractivity contribution in [2.45, 2.75) is 19.4 Å². The van der Waals surface area contributed by atoms with Gasteiger partial charge in [-0.25, -0.2) is 0 Å². The summed E-state index contributed by atoms with van der Waals surface area (Å²) in [6, 6.07) is 14.7. The Morgan fingerprint density at radius 2 is 1.67 bits per heavy atom. The van der Waals surface area contributed by atoms with E-state index in [4.69, 9.17) is 5.73 Å². The van der Waals surface area contributed by atoms with Crippen LogP contribution < -0.4 is 16.4 Å². The number of primary amides is 1. The van der Waals surface area contributed by atoms with Crippen molar-refractivity contribution in [1.29, 1.82) is 0 Å². The van der Waals surface area contributed by atoms with E-state index in [1.807, 2.05) is 0 Å². The fourth-order valence-corrected chi connectivity index (χ4v) is 3.33. The third kappa shape index (κ3) is 6.24. The topological polar surface area (TPSA) is 134 Å². The minimum atomic E-state index is -0.544. The standard InChI is InChI=1S/C15H13NO3.C10H13N3O/c1-9-3-2-4-12(13(9)17)14(18)10-5-7-11(8-6-10)15(16)19;14-10(8-1-4-11-5-2-8)13-9-3-6-12-7-9/h2-8,17H,1H3,(H2,16,19);1-2,4-5,9,12H,3,6-7H2,(H,13,14)/t;9-/m.0/s1. The van der Waals surface area contributed by atoms with Crippen LogP contribution in [0.1, 0.15) is 48.6 Å². The Morgan fingerprint density at radius 1 is 1.00 bits per heavy atom. The number of carbonyl (C=O) groups is 3. The predicted molar refractivity (Wildman–Crippen MR) is 124 cm³/mol. The van der Waals surface area contributed by atoms with Gasteiger partial charge in [0.2, 0.25) is 5.91 Å². The zero-order valence-electron chi connectivity index (χ0n) is 18.2. The van der Waals surface area contributed by atoms with E-state index in [9.17, 15) is 19.5 Å². The molecular formula is C25H26N4O4. The lowest BCUT2D eigenvalue weighted by molar-refractivity contribution is 0.0938. The Hall–Kier alpha value is -4.04. The van der Waals surface area contributed by atoms with Crippen LogP contribution in [0.3, 0.4) is 0 Å². The number of rotatable bonds is 5. The molecule has 1 fully saturated rings. The molecule has 0 aliphatic carbocycles. The van der Waals surface area contributed by atoms with Gasteiger partial charge in [0.25, 0.3) is 5.91 Å². The number of nitrogens with zero attached hydrogens (tertiary/aromatic N) is 1. The summed E-state index contributed by atoms with van der Waals surface area (Å²) in [6.45, 7) is 3.58. The van der Waals surface area contributed by atoms with Crippen molar-refractivity contribution in [3.63, 3.8) is 0 Å². The van der Waals surface area contributed by atoms with Crippen molar-refractivity contribution in [2.24, 2.45) is 5.73 Å². The normalized spacial score (nSPS) is 14.6. The van der Waals surface area contributed by atoms with Crippen LogP contribution in [-0.4, -0.2) is 46.8 Å². The van der Waals surface area contributed by atoms with Gasteiger partial charge in [0, 0.05) is 41.7 Å². The molecule has 1 aromatic heterocycles.